The minimum absolute atomic E-state index is 0.588. The molecule has 0 aromatic carbocycles. The van der Waals surface area contributed by atoms with Crippen LogP contribution in [0.15, 0.2) is 6.07 Å². The van der Waals surface area contributed by atoms with Crippen molar-refractivity contribution in [3.8, 4) is 0 Å². The summed E-state index contributed by atoms with van der Waals surface area (Å²) in [6.45, 7) is 11.8. The molecule has 0 saturated carbocycles. The summed E-state index contributed by atoms with van der Waals surface area (Å²) in [5.41, 5.74) is 1.04. The predicted octanol–water partition coefficient (Wildman–Crippen LogP) is 2.93. The van der Waals surface area contributed by atoms with Gasteiger partial charge in [-0.2, -0.15) is 11.8 Å². The number of hydrogen-bond acceptors (Lipinski definition) is 5. The Bertz CT molecular complexity index is 438. The van der Waals surface area contributed by atoms with Crippen LogP contribution in [0.5, 0.6) is 0 Å². The fourth-order valence-corrected chi connectivity index (χ4v) is 3.61. The number of anilines is 1. The van der Waals surface area contributed by atoms with Gasteiger partial charge in [-0.3, -0.25) is 4.90 Å². The van der Waals surface area contributed by atoms with Crippen molar-refractivity contribution in [1.29, 1.82) is 0 Å². The lowest BCUT2D eigenvalue weighted by Gasteiger charge is -2.37. The minimum atomic E-state index is 0.588. The molecule has 0 bridgehead atoms. The number of aryl methyl sites for hydroxylation is 1. The highest BCUT2D eigenvalue weighted by molar-refractivity contribution is 8.00. The molecule has 1 saturated heterocycles. The quantitative estimate of drug-likeness (QED) is 0.904. The van der Waals surface area contributed by atoms with E-state index in [4.69, 9.17) is 0 Å². The van der Waals surface area contributed by atoms with Gasteiger partial charge in [0.05, 0.1) is 6.54 Å². The number of rotatable bonds is 5. The van der Waals surface area contributed by atoms with Gasteiger partial charge in [0.2, 0.25) is 0 Å². The highest BCUT2D eigenvalue weighted by Gasteiger charge is 2.25. The Kier molecular flexibility index (Phi) is 5.66. The normalized spacial score (nSPS) is 23.8. The molecular weight excluding hydrogens is 268 g/mol. The monoisotopic (exact) mass is 294 g/mol. The Morgan fingerprint density at radius 2 is 2.20 bits per heavy atom. The summed E-state index contributed by atoms with van der Waals surface area (Å²) in [7, 11) is 0. The summed E-state index contributed by atoms with van der Waals surface area (Å²) in [4.78, 5) is 11.7. The molecule has 1 aliphatic heterocycles. The number of nitrogens with one attached hydrogen (secondary N) is 1. The third-order valence-corrected chi connectivity index (χ3v) is 5.15. The van der Waals surface area contributed by atoms with Gasteiger partial charge in [-0.15, -0.1) is 0 Å². The minimum Gasteiger partial charge on any atom is -0.370 e. The summed E-state index contributed by atoms with van der Waals surface area (Å²) in [5.74, 6) is 3.11. The van der Waals surface area contributed by atoms with Crippen LogP contribution >= 0.6 is 11.8 Å². The largest absolute Gasteiger partial charge is 0.370 e. The first-order valence-electron chi connectivity index (χ1n) is 7.54. The van der Waals surface area contributed by atoms with E-state index >= 15 is 0 Å². The molecular formula is C15H26N4S. The molecule has 2 rings (SSSR count). The van der Waals surface area contributed by atoms with Crippen LogP contribution in [0.1, 0.15) is 38.7 Å². The molecule has 5 heteroatoms. The van der Waals surface area contributed by atoms with Gasteiger partial charge in [0.1, 0.15) is 11.6 Å². The lowest BCUT2D eigenvalue weighted by Crippen LogP contribution is -2.44. The van der Waals surface area contributed by atoms with Gasteiger partial charge >= 0.3 is 0 Å². The van der Waals surface area contributed by atoms with Crippen molar-refractivity contribution in [2.75, 3.05) is 24.2 Å². The number of aromatic nitrogens is 2. The number of hydrogen-bond donors (Lipinski definition) is 1. The fourth-order valence-electron chi connectivity index (χ4n) is 2.44. The van der Waals surface area contributed by atoms with Crippen LogP contribution in [-0.4, -0.2) is 45.0 Å². The second kappa shape index (κ2) is 7.27. The third-order valence-electron chi connectivity index (χ3n) is 3.82. The van der Waals surface area contributed by atoms with E-state index < -0.39 is 0 Å². The van der Waals surface area contributed by atoms with Crippen LogP contribution in [0.2, 0.25) is 0 Å². The van der Waals surface area contributed by atoms with E-state index in [1.807, 2.05) is 13.0 Å². The molecule has 112 valence electrons. The fraction of sp³-hybridized carbons (Fsp3) is 0.733. The SMILES string of the molecule is CCCNc1cc(C)nc(CN2CCSC(C)C2C)n1. The van der Waals surface area contributed by atoms with E-state index in [0.717, 1.165) is 43.4 Å². The Balaban J connectivity index is 2.06. The second-order valence-electron chi connectivity index (χ2n) is 5.52. The first-order valence-corrected chi connectivity index (χ1v) is 8.59. The van der Waals surface area contributed by atoms with Crippen molar-refractivity contribution in [3.05, 3.63) is 17.6 Å². The van der Waals surface area contributed by atoms with Crippen molar-refractivity contribution in [3.63, 3.8) is 0 Å². The van der Waals surface area contributed by atoms with Crippen LogP contribution < -0.4 is 5.32 Å². The molecule has 1 aromatic heterocycles. The zero-order valence-electron chi connectivity index (χ0n) is 13.0. The molecule has 2 unspecified atom stereocenters. The first kappa shape index (κ1) is 15.6. The Morgan fingerprint density at radius 1 is 1.40 bits per heavy atom. The van der Waals surface area contributed by atoms with E-state index in [1.54, 1.807) is 0 Å². The maximum Gasteiger partial charge on any atom is 0.144 e. The topological polar surface area (TPSA) is 41.1 Å². The van der Waals surface area contributed by atoms with E-state index in [-0.39, 0.29) is 0 Å². The standard InChI is InChI=1S/C15H26N4S/c1-5-6-16-14-9-11(2)17-15(18-14)10-19-7-8-20-13(4)12(19)3/h9,12-13H,5-8,10H2,1-4H3,(H,16,17,18). The van der Waals surface area contributed by atoms with Crippen molar-refractivity contribution < 1.29 is 0 Å². The van der Waals surface area contributed by atoms with Gasteiger partial charge in [-0.1, -0.05) is 13.8 Å². The average molecular weight is 294 g/mol. The average Bonchev–Trinajstić information content (AvgIpc) is 2.41. The van der Waals surface area contributed by atoms with Crippen LogP contribution in [0.3, 0.4) is 0 Å². The van der Waals surface area contributed by atoms with Crippen LogP contribution in [0.25, 0.3) is 0 Å². The molecule has 4 nitrogen and oxygen atoms in total. The number of nitrogens with zero attached hydrogens (tertiary/aromatic N) is 3. The molecule has 2 atom stereocenters. The summed E-state index contributed by atoms with van der Waals surface area (Å²) in [5, 5.41) is 4.05. The third kappa shape index (κ3) is 4.09. The first-order chi connectivity index (χ1) is 9.60. The van der Waals surface area contributed by atoms with Crippen LogP contribution in [-0.2, 0) is 6.54 Å². The van der Waals surface area contributed by atoms with Gasteiger partial charge in [-0.25, -0.2) is 9.97 Å². The van der Waals surface area contributed by atoms with E-state index in [0.29, 0.717) is 11.3 Å². The van der Waals surface area contributed by atoms with Gasteiger partial charge in [-0.05, 0) is 20.3 Å². The van der Waals surface area contributed by atoms with E-state index in [2.05, 4.69) is 52.7 Å². The molecule has 0 amide bonds. The van der Waals surface area contributed by atoms with Crippen molar-refractivity contribution in [1.82, 2.24) is 14.9 Å². The molecule has 0 spiro atoms. The molecule has 1 N–H and O–H groups in total. The Hall–Kier alpha value is -0.810. The summed E-state index contributed by atoms with van der Waals surface area (Å²) in [6, 6.07) is 2.61. The van der Waals surface area contributed by atoms with Gasteiger partial charge in [0, 0.05) is 41.9 Å². The number of thioether (sulfide) groups is 1. The molecule has 2 heterocycles. The van der Waals surface area contributed by atoms with Crippen LogP contribution in [0, 0.1) is 6.92 Å². The highest BCUT2D eigenvalue weighted by atomic mass is 32.2. The second-order valence-corrected chi connectivity index (χ2v) is 7.01. The maximum atomic E-state index is 4.65. The molecule has 0 aliphatic carbocycles. The summed E-state index contributed by atoms with van der Waals surface area (Å²) in [6.07, 6.45) is 1.11. The Morgan fingerprint density at radius 3 is 2.95 bits per heavy atom. The zero-order valence-corrected chi connectivity index (χ0v) is 13.8. The molecule has 1 aromatic rings. The van der Waals surface area contributed by atoms with Gasteiger partial charge in [0.25, 0.3) is 0 Å². The van der Waals surface area contributed by atoms with Gasteiger partial charge in [0.15, 0.2) is 0 Å². The molecule has 1 aliphatic rings. The summed E-state index contributed by atoms with van der Waals surface area (Å²) < 4.78 is 0. The van der Waals surface area contributed by atoms with E-state index in [1.165, 1.54) is 5.75 Å². The zero-order chi connectivity index (χ0) is 14.5. The molecule has 20 heavy (non-hydrogen) atoms. The van der Waals surface area contributed by atoms with Crippen LogP contribution in [0.4, 0.5) is 5.82 Å². The van der Waals surface area contributed by atoms with Crippen molar-refractivity contribution in [2.45, 2.75) is 52.0 Å². The smallest absolute Gasteiger partial charge is 0.144 e. The van der Waals surface area contributed by atoms with Gasteiger partial charge < -0.3 is 5.32 Å². The molecule has 1 fully saturated rings. The maximum absolute atomic E-state index is 4.65. The van der Waals surface area contributed by atoms with Crippen molar-refractivity contribution >= 4 is 17.6 Å². The van der Waals surface area contributed by atoms with Crippen molar-refractivity contribution in [2.24, 2.45) is 0 Å². The lowest BCUT2D eigenvalue weighted by molar-refractivity contribution is 0.199. The molecule has 0 radical (unpaired) electrons. The van der Waals surface area contributed by atoms with E-state index in [9.17, 15) is 0 Å². The lowest BCUT2D eigenvalue weighted by atomic mass is 10.2. The summed E-state index contributed by atoms with van der Waals surface area (Å²) >= 11 is 2.06. The predicted molar refractivity (Wildman–Crippen MR) is 87.3 cm³/mol. The highest BCUT2D eigenvalue weighted by Crippen LogP contribution is 2.25. The Labute approximate surface area is 126 Å².